The Balaban J connectivity index is 1.39. The molecule has 0 N–H and O–H groups in total. The molecular weight excluding hydrogens is 378 g/mol. The molecule has 0 saturated carbocycles. The Labute approximate surface area is 166 Å². The van der Waals surface area contributed by atoms with Gasteiger partial charge in [0.2, 0.25) is 17.6 Å². The molecule has 2 aromatic heterocycles. The number of nitrogens with zero attached hydrogens (tertiary/aromatic N) is 3. The van der Waals surface area contributed by atoms with Gasteiger partial charge in [0.15, 0.2) is 11.5 Å². The third-order valence-electron chi connectivity index (χ3n) is 4.87. The summed E-state index contributed by atoms with van der Waals surface area (Å²) in [4.78, 5) is 19.7. The van der Waals surface area contributed by atoms with Gasteiger partial charge in [-0.15, -0.1) is 11.3 Å². The summed E-state index contributed by atoms with van der Waals surface area (Å²) in [6, 6.07) is 9.72. The van der Waals surface area contributed by atoms with Crippen LogP contribution in [0.3, 0.4) is 0 Å². The van der Waals surface area contributed by atoms with E-state index in [-0.39, 0.29) is 11.8 Å². The largest absolute Gasteiger partial charge is 0.493 e. The number of methoxy groups -OCH3 is 2. The number of benzene rings is 1. The SMILES string of the molecule is COc1ccc(CCN2CC(c3nc(-c4cccs4)no3)CC2=O)cc1OC. The lowest BCUT2D eigenvalue weighted by Gasteiger charge is -2.16. The number of likely N-dealkylation sites (tertiary alicyclic amines) is 1. The number of aromatic nitrogens is 2. The van der Waals surface area contributed by atoms with Crippen LogP contribution < -0.4 is 9.47 Å². The van der Waals surface area contributed by atoms with Gasteiger partial charge in [0.05, 0.1) is 25.0 Å². The Bertz CT molecular complexity index is 954. The Morgan fingerprint density at radius 3 is 2.86 bits per heavy atom. The van der Waals surface area contributed by atoms with Crippen molar-refractivity contribution in [3.63, 3.8) is 0 Å². The highest BCUT2D eigenvalue weighted by Gasteiger charge is 2.34. The summed E-state index contributed by atoms with van der Waals surface area (Å²) in [5, 5.41) is 6.02. The Morgan fingerprint density at radius 2 is 2.11 bits per heavy atom. The van der Waals surface area contributed by atoms with Gasteiger partial charge in [-0.2, -0.15) is 4.98 Å². The summed E-state index contributed by atoms with van der Waals surface area (Å²) < 4.78 is 16.0. The minimum atomic E-state index is -0.0564. The normalized spacial score (nSPS) is 16.6. The fourth-order valence-electron chi connectivity index (χ4n) is 3.36. The van der Waals surface area contributed by atoms with Crippen LogP contribution >= 0.6 is 11.3 Å². The van der Waals surface area contributed by atoms with Crippen molar-refractivity contribution < 1.29 is 18.8 Å². The standard InChI is InChI=1S/C20H21N3O4S/c1-25-15-6-5-13(10-16(15)26-2)7-8-23-12-14(11-18(23)24)20-21-19(22-27-20)17-4-3-9-28-17/h3-6,9-10,14H,7-8,11-12H2,1-2H3. The molecule has 1 aromatic carbocycles. The maximum absolute atomic E-state index is 12.4. The molecule has 1 unspecified atom stereocenters. The lowest BCUT2D eigenvalue weighted by molar-refractivity contribution is -0.127. The first-order valence-electron chi connectivity index (χ1n) is 9.04. The summed E-state index contributed by atoms with van der Waals surface area (Å²) in [6.07, 6.45) is 1.14. The van der Waals surface area contributed by atoms with E-state index in [4.69, 9.17) is 14.0 Å². The van der Waals surface area contributed by atoms with Gasteiger partial charge in [-0.25, -0.2) is 0 Å². The highest BCUT2D eigenvalue weighted by atomic mass is 32.1. The molecule has 0 bridgehead atoms. The van der Waals surface area contributed by atoms with Crippen molar-refractivity contribution in [2.24, 2.45) is 0 Å². The van der Waals surface area contributed by atoms with Gasteiger partial charge >= 0.3 is 0 Å². The summed E-state index contributed by atoms with van der Waals surface area (Å²) in [7, 11) is 3.23. The zero-order valence-electron chi connectivity index (χ0n) is 15.8. The van der Waals surface area contributed by atoms with E-state index in [2.05, 4.69) is 10.1 Å². The van der Waals surface area contributed by atoms with Crippen molar-refractivity contribution in [3.05, 3.63) is 47.2 Å². The molecular formula is C20H21N3O4S. The van der Waals surface area contributed by atoms with E-state index in [1.54, 1.807) is 25.6 Å². The second-order valence-corrected chi connectivity index (χ2v) is 7.56. The summed E-state index contributed by atoms with van der Waals surface area (Å²) in [5.41, 5.74) is 1.09. The van der Waals surface area contributed by atoms with Crippen LogP contribution in [-0.2, 0) is 11.2 Å². The third kappa shape index (κ3) is 3.73. The van der Waals surface area contributed by atoms with Gasteiger partial charge in [0.1, 0.15) is 0 Å². The number of thiophene rings is 1. The Morgan fingerprint density at radius 1 is 1.25 bits per heavy atom. The molecule has 28 heavy (non-hydrogen) atoms. The number of hydrogen-bond donors (Lipinski definition) is 0. The van der Waals surface area contributed by atoms with E-state index >= 15 is 0 Å². The molecule has 8 heteroatoms. The van der Waals surface area contributed by atoms with Gasteiger partial charge in [-0.3, -0.25) is 4.79 Å². The number of amides is 1. The quantitative estimate of drug-likeness (QED) is 0.606. The lowest BCUT2D eigenvalue weighted by atomic mass is 10.1. The van der Waals surface area contributed by atoms with Crippen molar-refractivity contribution in [1.82, 2.24) is 15.0 Å². The molecule has 3 aromatic rings. The second-order valence-electron chi connectivity index (χ2n) is 6.61. The fraction of sp³-hybridized carbons (Fsp3) is 0.350. The Kier molecular flexibility index (Phi) is 5.29. The molecule has 1 atom stereocenters. The number of ether oxygens (including phenoxy) is 2. The molecule has 1 saturated heterocycles. The number of carbonyl (C=O) groups excluding carboxylic acids is 1. The molecule has 1 amide bonds. The smallest absolute Gasteiger partial charge is 0.232 e. The van der Waals surface area contributed by atoms with E-state index in [0.717, 1.165) is 16.9 Å². The van der Waals surface area contributed by atoms with Gasteiger partial charge in [-0.05, 0) is 35.6 Å². The first kappa shape index (κ1) is 18.5. The number of hydrogen-bond acceptors (Lipinski definition) is 7. The summed E-state index contributed by atoms with van der Waals surface area (Å²) >= 11 is 1.56. The van der Waals surface area contributed by atoms with E-state index in [9.17, 15) is 4.79 Å². The molecule has 0 radical (unpaired) electrons. The summed E-state index contributed by atoms with van der Waals surface area (Å²) in [5.74, 6) is 2.56. The predicted molar refractivity (Wildman–Crippen MR) is 105 cm³/mol. The minimum Gasteiger partial charge on any atom is -0.493 e. The molecule has 0 aliphatic carbocycles. The van der Waals surface area contributed by atoms with Crippen LogP contribution in [0.25, 0.3) is 10.7 Å². The van der Waals surface area contributed by atoms with Crippen molar-refractivity contribution in [2.75, 3.05) is 27.3 Å². The second kappa shape index (κ2) is 8.02. The number of rotatable bonds is 7. The van der Waals surface area contributed by atoms with E-state index in [0.29, 0.717) is 42.7 Å². The third-order valence-corrected chi connectivity index (χ3v) is 5.73. The Hall–Kier alpha value is -2.87. The molecule has 7 nitrogen and oxygen atoms in total. The monoisotopic (exact) mass is 399 g/mol. The highest BCUT2D eigenvalue weighted by Crippen LogP contribution is 2.31. The lowest BCUT2D eigenvalue weighted by Crippen LogP contribution is -2.27. The average Bonchev–Trinajstić information content (AvgIpc) is 3.46. The van der Waals surface area contributed by atoms with Crippen LogP contribution in [0.5, 0.6) is 11.5 Å². The molecule has 1 fully saturated rings. The molecule has 0 spiro atoms. The first-order chi connectivity index (χ1) is 13.7. The predicted octanol–water partition coefficient (Wildman–Crippen LogP) is 3.37. The van der Waals surface area contributed by atoms with Crippen molar-refractivity contribution >= 4 is 17.2 Å². The van der Waals surface area contributed by atoms with E-state index < -0.39 is 0 Å². The zero-order valence-corrected chi connectivity index (χ0v) is 16.6. The first-order valence-corrected chi connectivity index (χ1v) is 9.92. The fourth-order valence-corrected chi connectivity index (χ4v) is 4.01. The van der Waals surface area contributed by atoms with Crippen molar-refractivity contribution in [1.29, 1.82) is 0 Å². The number of carbonyl (C=O) groups is 1. The van der Waals surface area contributed by atoms with Crippen molar-refractivity contribution in [3.8, 4) is 22.2 Å². The van der Waals surface area contributed by atoms with Gasteiger partial charge in [0, 0.05) is 19.5 Å². The van der Waals surface area contributed by atoms with Crippen LogP contribution in [0, 0.1) is 0 Å². The van der Waals surface area contributed by atoms with Gasteiger partial charge < -0.3 is 18.9 Å². The van der Waals surface area contributed by atoms with Crippen LogP contribution in [0.2, 0.25) is 0 Å². The van der Waals surface area contributed by atoms with Crippen molar-refractivity contribution in [2.45, 2.75) is 18.8 Å². The molecule has 1 aliphatic heterocycles. The van der Waals surface area contributed by atoms with Gasteiger partial charge in [-0.1, -0.05) is 17.3 Å². The highest BCUT2D eigenvalue weighted by molar-refractivity contribution is 7.13. The van der Waals surface area contributed by atoms with Crippen LogP contribution in [0.1, 0.15) is 23.8 Å². The maximum Gasteiger partial charge on any atom is 0.232 e. The van der Waals surface area contributed by atoms with E-state index in [1.165, 1.54) is 0 Å². The molecule has 3 heterocycles. The molecule has 4 rings (SSSR count). The minimum absolute atomic E-state index is 0.0564. The van der Waals surface area contributed by atoms with Crippen LogP contribution in [0.4, 0.5) is 0 Å². The molecule has 1 aliphatic rings. The van der Waals surface area contributed by atoms with E-state index in [1.807, 2.05) is 40.6 Å². The van der Waals surface area contributed by atoms with Gasteiger partial charge in [0.25, 0.3) is 0 Å². The average molecular weight is 399 g/mol. The zero-order chi connectivity index (χ0) is 19.5. The molecule has 146 valence electrons. The maximum atomic E-state index is 12.4. The topological polar surface area (TPSA) is 77.7 Å². The van der Waals surface area contributed by atoms with Crippen LogP contribution in [0.15, 0.2) is 40.2 Å². The summed E-state index contributed by atoms with van der Waals surface area (Å²) in [6.45, 7) is 1.23. The van der Waals surface area contributed by atoms with Crippen LogP contribution in [-0.4, -0.2) is 48.3 Å².